The Kier molecular flexibility index (Phi) is 7.63. The van der Waals surface area contributed by atoms with Crippen molar-refractivity contribution >= 4 is 23.2 Å². The van der Waals surface area contributed by atoms with Crippen LogP contribution in [-0.2, 0) is 6.42 Å². The van der Waals surface area contributed by atoms with Crippen LogP contribution in [0, 0.1) is 6.92 Å². The molecule has 0 radical (unpaired) electrons. The van der Waals surface area contributed by atoms with Gasteiger partial charge in [0, 0.05) is 0 Å². The van der Waals surface area contributed by atoms with E-state index < -0.39 is 18.8 Å². The van der Waals surface area contributed by atoms with Gasteiger partial charge in [-0.2, -0.15) is 0 Å². The van der Waals surface area contributed by atoms with Crippen molar-refractivity contribution in [3.05, 3.63) is 102 Å². The Bertz CT molecular complexity index is 1130. The van der Waals surface area contributed by atoms with Crippen LogP contribution in [0.25, 0.3) is 0 Å². The van der Waals surface area contributed by atoms with Crippen LogP contribution in [0.2, 0.25) is 0 Å². The van der Waals surface area contributed by atoms with Crippen molar-refractivity contribution in [1.29, 1.82) is 0 Å². The second-order valence-electron chi connectivity index (χ2n) is 9.06. The quantitative estimate of drug-likeness (QED) is 0.112. The van der Waals surface area contributed by atoms with E-state index in [4.69, 9.17) is 0 Å². The molecule has 0 saturated carbocycles. The first kappa shape index (κ1) is 24.6. The molecule has 35 heavy (non-hydrogen) atoms. The van der Waals surface area contributed by atoms with Crippen LogP contribution in [0.5, 0.6) is 23.0 Å². The molecule has 182 valence electrons. The Morgan fingerprint density at radius 2 is 0.943 bits per heavy atom. The van der Waals surface area contributed by atoms with Crippen molar-refractivity contribution in [2.75, 3.05) is 6.16 Å². The van der Waals surface area contributed by atoms with Crippen LogP contribution < -0.4 is 15.9 Å². The Morgan fingerprint density at radius 1 is 0.514 bits per heavy atom. The predicted molar refractivity (Wildman–Crippen MR) is 147 cm³/mol. The molecule has 0 atom stereocenters. The SMILES string of the molecule is Cc1c(O)c(O)c(O)c(O)c1CCCCC[PH](c1ccccc1)(c1ccccc1)c1ccccc1. The third-order valence-electron chi connectivity index (χ3n) is 7.04. The molecule has 0 fully saturated rings. The number of hydrogen-bond donors (Lipinski definition) is 4. The molecule has 0 aliphatic heterocycles. The zero-order valence-corrected chi connectivity index (χ0v) is 21.0. The molecule has 0 aliphatic rings. The van der Waals surface area contributed by atoms with E-state index in [1.807, 2.05) is 0 Å². The van der Waals surface area contributed by atoms with Gasteiger partial charge in [-0.1, -0.05) is 0 Å². The molecule has 0 spiro atoms. The van der Waals surface area contributed by atoms with Gasteiger partial charge < -0.3 is 0 Å². The van der Waals surface area contributed by atoms with E-state index in [1.54, 1.807) is 6.92 Å². The van der Waals surface area contributed by atoms with Gasteiger partial charge in [0.15, 0.2) is 0 Å². The monoisotopic (exact) mass is 488 g/mol. The van der Waals surface area contributed by atoms with E-state index in [0.29, 0.717) is 17.5 Å². The summed E-state index contributed by atoms with van der Waals surface area (Å²) in [6, 6.07) is 32.5. The van der Waals surface area contributed by atoms with Crippen LogP contribution >= 0.6 is 7.26 Å². The fourth-order valence-corrected chi connectivity index (χ4v) is 10.1. The van der Waals surface area contributed by atoms with Gasteiger partial charge in [-0.05, 0) is 0 Å². The Morgan fingerprint density at radius 3 is 1.40 bits per heavy atom. The van der Waals surface area contributed by atoms with Crippen molar-refractivity contribution in [2.24, 2.45) is 0 Å². The maximum atomic E-state index is 10.3. The molecule has 4 N–H and O–H groups in total. The normalized spacial score (nSPS) is 11.9. The average Bonchev–Trinajstić information content (AvgIpc) is 2.92. The third-order valence-corrected chi connectivity index (χ3v) is 12.1. The van der Waals surface area contributed by atoms with E-state index in [9.17, 15) is 20.4 Å². The van der Waals surface area contributed by atoms with Gasteiger partial charge in [0.1, 0.15) is 0 Å². The van der Waals surface area contributed by atoms with Crippen molar-refractivity contribution in [3.8, 4) is 23.0 Å². The standard InChI is InChI=1S/C30H33O4P/c1-22-26(28(32)30(34)29(33)27(22)31)20-12-5-13-21-35(23-14-6-2-7-15-23,24-16-8-3-9-17-24)25-18-10-4-11-19-25/h2-4,6-11,14-19,31-35H,5,12-13,20-21H2,1H3. The molecule has 0 unspecified atom stereocenters. The van der Waals surface area contributed by atoms with Gasteiger partial charge >= 0.3 is 207 Å². The Labute approximate surface area is 207 Å². The number of rotatable bonds is 9. The number of phenols is 4. The molecule has 4 nitrogen and oxygen atoms in total. The summed E-state index contributed by atoms with van der Waals surface area (Å²) in [5.74, 6) is -2.06. The van der Waals surface area contributed by atoms with Crippen molar-refractivity contribution in [2.45, 2.75) is 32.6 Å². The molecule has 4 rings (SSSR count). The maximum absolute atomic E-state index is 10.3. The first-order valence-corrected chi connectivity index (χ1v) is 14.3. The predicted octanol–water partition coefficient (Wildman–Crippen LogP) is 5.26. The van der Waals surface area contributed by atoms with Crippen LogP contribution in [0.15, 0.2) is 91.0 Å². The van der Waals surface area contributed by atoms with E-state index in [0.717, 1.165) is 25.4 Å². The molecular weight excluding hydrogens is 455 g/mol. The van der Waals surface area contributed by atoms with E-state index >= 15 is 0 Å². The average molecular weight is 489 g/mol. The van der Waals surface area contributed by atoms with Gasteiger partial charge in [-0.25, -0.2) is 0 Å². The fraction of sp³-hybridized carbons (Fsp3) is 0.200. The van der Waals surface area contributed by atoms with Gasteiger partial charge in [0.2, 0.25) is 0 Å². The van der Waals surface area contributed by atoms with Crippen LogP contribution in [0.3, 0.4) is 0 Å². The van der Waals surface area contributed by atoms with Gasteiger partial charge in [0.05, 0.1) is 0 Å². The number of hydrogen-bond acceptors (Lipinski definition) is 4. The molecule has 4 aromatic rings. The number of benzene rings is 4. The molecule has 0 bridgehead atoms. The first-order valence-electron chi connectivity index (χ1n) is 12.1. The molecule has 0 aromatic heterocycles. The fourth-order valence-electron chi connectivity index (χ4n) is 5.14. The minimum atomic E-state index is -2.26. The van der Waals surface area contributed by atoms with Crippen molar-refractivity contribution in [3.63, 3.8) is 0 Å². The molecule has 4 aromatic carbocycles. The topological polar surface area (TPSA) is 80.9 Å². The van der Waals surface area contributed by atoms with Crippen LogP contribution in [-0.4, -0.2) is 26.6 Å². The summed E-state index contributed by atoms with van der Waals surface area (Å²) in [7, 11) is -2.26. The summed E-state index contributed by atoms with van der Waals surface area (Å²) >= 11 is 0. The Balaban J connectivity index is 1.59. The molecule has 5 heteroatoms. The van der Waals surface area contributed by atoms with E-state index in [2.05, 4.69) is 91.0 Å². The molecule has 0 heterocycles. The van der Waals surface area contributed by atoms with Gasteiger partial charge in [-0.3, -0.25) is 0 Å². The molecule has 0 aliphatic carbocycles. The zero-order chi connectivity index (χ0) is 24.8. The molecule has 0 amide bonds. The number of aromatic hydroxyl groups is 4. The number of unbranched alkanes of at least 4 members (excludes halogenated alkanes) is 2. The first-order chi connectivity index (χ1) is 17.0. The van der Waals surface area contributed by atoms with Crippen LogP contribution in [0.1, 0.15) is 30.4 Å². The second kappa shape index (κ2) is 10.8. The van der Waals surface area contributed by atoms with Gasteiger partial charge in [0.25, 0.3) is 0 Å². The summed E-state index contributed by atoms with van der Waals surface area (Å²) < 4.78 is 0. The zero-order valence-electron chi connectivity index (χ0n) is 20.0. The minimum absolute atomic E-state index is 0.348. The van der Waals surface area contributed by atoms with E-state index in [-0.39, 0.29) is 11.5 Å². The van der Waals surface area contributed by atoms with Crippen molar-refractivity contribution in [1.82, 2.24) is 0 Å². The summed E-state index contributed by atoms with van der Waals surface area (Å²) in [6.45, 7) is 1.64. The van der Waals surface area contributed by atoms with Crippen molar-refractivity contribution < 1.29 is 20.4 Å². The summed E-state index contributed by atoms with van der Waals surface area (Å²) in [4.78, 5) is 0. The second-order valence-corrected chi connectivity index (χ2v) is 13.1. The van der Waals surface area contributed by atoms with Gasteiger partial charge in [-0.15, -0.1) is 0 Å². The number of phenolic OH excluding ortho intramolecular Hbond substituents is 4. The third kappa shape index (κ3) is 4.85. The summed E-state index contributed by atoms with van der Waals surface area (Å²) in [6.07, 6.45) is 4.28. The Hall–Kier alpha value is -3.49. The van der Waals surface area contributed by atoms with Crippen LogP contribution in [0.4, 0.5) is 0 Å². The summed E-state index contributed by atoms with van der Waals surface area (Å²) in [5, 5.41) is 44.2. The molecular formula is C30H33O4P. The van der Waals surface area contributed by atoms with E-state index in [1.165, 1.54) is 15.9 Å². The molecule has 0 saturated heterocycles. The summed E-state index contributed by atoms with van der Waals surface area (Å²) in [5.41, 5.74) is 0.884.